The molecule has 1 heterocycles. The minimum Gasteiger partial charge on any atom is -0.456 e. The first kappa shape index (κ1) is 19.5. The molecule has 0 radical (unpaired) electrons. The Bertz CT molecular complexity index is 2760. The molecule has 0 aliphatic rings. The Labute approximate surface area is 256 Å². The number of benzene rings is 8. The number of hydrogen-bond acceptors (Lipinski definition) is 1. The molecule has 0 saturated heterocycles. The van der Waals surface area contributed by atoms with Gasteiger partial charge in [-0.1, -0.05) is 139 Å². The van der Waals surface area contributed by atoms with E-state index in [0.717, 1.165) is 76.5 Å². The number of hydrogen-bond donors (Lipinski definition) is 0. The van der Waals surface area contributed by atoms with Gasteiger partial charge in [-0.25, -0.2) is 0 Å². The Morgan fingerprint density at radius 3 is 1.91 bits per heavy atom. The van der Waals surface area contributed by atoms with Gasteiger partial charge in [0.15, 0.2) is 0 Å². The highest BCUT2D eigenvalue weighted by Gasteiger charge is 2.20. The second-order valence-electron chi connectivity index (χ2n) is 10.9. The fraction of sp³-hybridized carbons (Fsp3) is 0. The minimum atomic E-state index is -0.408. The molecule has 0 N–H and O–H groups in total. The maximum absolute atomic E-state index is 9.06. The maximum atomic E-state index is 9.06. The number of para-hydroxylation sites is 1. The van der Waals surface area contributed by atoms with E-state index in [1.54, 1.807) is 0 Å². The van der Waals surface area contributed by atoms with Crippen molar-refractivity contribution >= 4 is 54.3 Å². The molecule has 43 heavy (non-hydrogen) atoms. The molecule has 0 aliphatic carbocycles. The molecule has 0 spiro atoms. The van der Waals surface area contributed by atoms with Crippen LogP contribution in [-0.4, -0.2) is 0 Å². The van der Waals surface area contributed by atoms with Crippen LogP contribution in [0.25, 0.3) is 87.6 Å². The lowest BCUT2D eigenvalue weighted by Crippen LogP contribution is -1.92. The van der Waals surface area contributed by atoms with E-state index in [9.17, 15) is 0 Å². The topological polar surface area (TPSA) is 13.1 Å². The standard InChI is InChI=1S/C42H26O/c1-2-13-28(14-3-1)40-32-17-6-7-18-33(32)41(36-21-11-23-39-42(36)35-19-8-9-22-38(35)43-39)34-25-24-29(26-37(34)40)31-20-10-15-27-12-4-5-16-30(27)31/h1-26H/i1D,2D,3D,13D,14D. The van der Waals surface area contributed by atoms with E-state index in [2.05, 4.69) is 66.7 Å². The van der Waals surface area contributed by atoms with Crippen LogP contribution in [0.1, 0.15) is 6.85 Å². The van der Waals surface area contributed by atoms with Crippen LogP contribution in [0.15, 0.2) is 162 Å². The van der Waals surface area contributed by atoms with Crippen LogP contribution in [-0.2, 0) is 0 Å². The third-order valence-corrected chi connectivity index (χ3v) is 8.55. The zero-order valence-electron chi connectivity index (χ0n) is 28.0. The van der Waals surface area contributed by atoms with E-state index >= 15 is 0 Å². The molecule has 9 rings (SSSR count). The molecule has 200 valence electrons. The summed E-state index contributed by atoms with van der Waals surface area (Å²) in [6.45, 7) is 0. The predicted molar refractivity (Wildman–Crippen MR) is 183 cm³/mol. The Kier molecular flexibility index (Phi) is 4.27. The zero-order valence-corrected chi connectivity index (χ0v) is 23.0. The van der Waals surface area contributed by atoms with E-state index in [-0.39, 0.29) is 29.7 Å². The fourth-order valence-corrected chi connectivity index (χ4v) is 6.74. The largest absolute Gasteiger partial charge is 0.456 e. The maximum Gasteiger partial charge on any atom is 0.136 e. The van der Waals surface area contributed by atoms with Gasteiger partial charge < -0.3 is 4.42 Å². The third kappa shape index (κ3) is 3.65. The van der Waals surface area contributed by atoms with Crippen molar-refractivity contribution in [2.45, 2.75) is 0 Å². The Hall–Kier alpha value is -5.66. The molecule has 1 heteroatoms. The van der Waals surface area contributed by atoms with E-state index in [1.165, 1.54) is 0 Å². The van der Waals surface area contributed by atoms with Crippen LogP contribution < -0.4 is 0 Å². The third-order valence-electron chi connectivity index (χ3n) is 8.55. The van der Waals surface area contributed by atoms with Gasteiger partial charge >= 0.3 is 0 Å². The lowest BCUT2D eigenvalue weighted by atomic mass is 9.83. The summed E-state index contributed by atoms with van der Waals surface area (Å²) >= 11 is 0. The second kappa shape index (κ2) is 9.44. The van der Waals surface area contributed by atoms with Gasteiger partial charge in [-0.05, 0) is 83.9 Å². The molecule has 0 fully saturated rings. The van der Waals surface area contributed by atoms with Crippen LogP contribution in [0.4, 0.5) is 0 Å². The molecule has 1 aromatic heterocycles. The van der Waals surface area contributed by atoms with Gasteiger partial charge in [0.1, 0.15) is 11.2 Å². The number of furan rings is 1. The van der Waals surface area contributed by atoms with Crippen molar-refractivity contribution in [3.8, 4) is 33.4 Å². The highest BCUT2D eigenvalue weighted by molar-refractivity contribution is 6.26. The van der Waals surface area contributed by atoms with Crippen molar-refractivity contribution in [3.05, 3.63) is 158 Å². The Balaban J connectivity index is 1.50. The van der Waals surface area contributed by atoms with Gasteiger partial charge in [-0.3, -0.25) is 0 Å². The van der Waals surface area contributed by atoms with Crippen molar-refractivity contribution in [2.24, 2.45) is 0 Å². The lowest BCUT2D eigenvalue weighted by Gasteiger charge is -2.19. The molecule has 0 amide bonds. The van der Waals surface area contributed by atoms with Gasteiger partial charge in [-0.2, -0.15) is 0 Å². The second-order valence-corrected chi connectivity index (χ2v) is 10.9. The quantitative estimate of drug-likeness (QED) is 0.199. The predicted octanol–water partition coefficient (Wildman–Crippen LogP) is 12.0. The molecule has 1 nitrogen and oxygen atoms in total. The van der Waals surface area contributed by atoms with E-state index < -0.39 is 6.04 Å². The van der Waals surface area contributed by atoms with Crippen molar-refractivity contribution in [1.82, 2.24) is 0 Å². The molecule has 9 aromatic rings. The van der Waals surface area contributed by atoms with Crippen LogP contribution in [0, 0.1) is 0 Å². The average molecular weight is 552 g/mol. The van der Waals surface area contributed by atoms with Crippen LogP contribution in [0.3, 0.4) is 0 Å². The van der Waals surface area contributed by atoms with Crippen molar-refractivity contribution in [2.75, 3.05) is 0 Å². The highest BCUT2D eigenvalue weighted by atomic mass is 16.3. The molecule has 0 bridgehead atoms. The lowest BCUT2D eigenvalue weighted by molar-refractivity contribution is 0.669. The van der Waals surface area contributed by atoms with Crippen molar-refractivity contribution in [3.63, 3.8) is 0 Å². The molecule has 8 aromatic carbocycles. The van der Waals surface area contributed by atoms with E-state index in [4.69, 9.17) is 11.3 Å². The Morgan fingerprint density at radius 1 is 0.419 bits per heavy atom. The first-order chi connectivity index (χ1) is 23.4. The Morgan fingerprint density at radius 2 is 1.05 bits per heavy atom. The van der Waals surface area contributed by atoms with E-state index in [0.29, 0.717) is 5.56 Å². The summed E-state index contributed by atoms with van der Waals surface area (Å²) in [4.78, 5) is 0. The monoisotopic (exact) mass is 551 g/mol. The summed E-state index contributed by atoms with van der Waals surface area (Å²) in [5.41, 5.74) is 6.43. The van der Waals surface area contributed by atoms with Crippen molar-refractivity contribution < 1.29 is 11.3 Å². The molecule has 0 aliphatic heterocycles. The summed E-state index contributed by atoms with van der Waals surface area (Å²) in [5, 5.41) is 7.70. The van der Waals surface area contributed by atoms with Crippen LogP contribution >= 0.6 is 0 Å². The first-order valence-electron chi connectivity index (χ1n) is 16.9. The average Bonchev–Trinajstić information content (AvgIpc) is 3.52. The summed E-state index contributed by atoms with van der Waals surface area (Å²) < 4.78 is 49.9. The van der Waals surface area contributed by atoms with Crippen molar-refractivity contribution in [1.29, 1.82) is 0 Å². The summed E-state index contributed by atoms with van der Waals surface area (Å²) in [6, 6.07) is 41.5. The fourth-order valence-electron chi connectivity index (χ4n) is 6.74. The molecule has 0 saturated carbocycles. The summed E-state index contributed by atoms with van der Waals surface area (Å²) in [5.74, 6) is 0. The van der Waals surface area contributed by atoms with Crippen LogP contribution in [0.2, 0.25) is 0 Å². The van der Waals surface area contributed by atoms with Crippen LogP contribution in [0.5, 0.6) is 0 Å². The van der Waals surface area contributed by atoms with Gasteiger partial charge in [0, 0.05) is 10.8 Å². The molecule has 0 atom stereocenters. The number of fused-ring (bicyclic) bond motifs is 6. The zero-order chi connectivity index (χ0) is 32.7. The minimum absolute atomic E-state index is 0.191. The van der Waals surface area contributed by atoms with Gasteiger partial charge in [0.2, 0.25) is 0 Å². The summed E-state index contributed by atoms with van der Waals surface area (Å²) in [6.07, 6.45) is 0. The SMILES string of the molecule is [2H]c1c([2H])c([2H])c(-c2c3ccccc3c(-c3cccc4oc5ccccc5c34)c3ccc(-c4cccc5ccccc45)cc23)c([2H])c1[2H]. The normalized spacial score (nSPS) is 13.3. The molecule has 0 unspecified atom stereocenters. The van der Waals surface area contributed by atoms with Gasteiger partial charge in [0.05, 0.1) is 6.85 Å². The number of rotatable bonds is 3. The molecular weight excluding hydrogens is 520 g/mol. The van der Waals surface area contributed by atoms with E-state index in [1.807, 2.05) is 60.7 Å². The smallest absolute Gasteiger partial charge is 0.136 e. The first-order valence-corrected chi connectivity index (χ1v) is 14.4. The highest BCUT2D eigenvalue weighted by Crippen LogP contribution is 2.47. The van der Waals surface area contributed by atoms with Gasteiger partial charge in [0.25, 0.3) is 0 Å². The summed E-state index contributed by atoms with van der Waals surface area (Å²) in [7, 11) is 0. The molecular formula is C42H26O. The van der Waals surface area contributed by atoms with Gasteiger partial charge in [-0.15, -0.1) is 0 Å².